The molecule has 0 saturated heterocycles. The number of hydrogen-bond donors (Lipinski definition) is 1. The van der Waals surface area contributed by atoms with Crippen molar-refractivity contribution >= 4 is 11.8 Å². The van der Waals surface area contributed by atoms with Crippen molar-refractivity contribution in [2.24, 2.45) is 5.92 Å². The molecule has 0 aliphatic rings. The maximum absolute atomic E-state index is 10.5. The van der Waals surface area contributed by atoms with Crippen LogP contribution >= 0.6 is 0 Å². The lowest BCUT2D eigenvalue weighted by molar-refractivity contribution is -0.150. The lowest BCUT2D eigenvalue weighted by Crippen LogP contribution is -2.19. The van der Waals surface area contributed by atoms with Crippen molar-refractivity contribution in [3.05, 3.63) is 0 Å². The molecule has 0 radical (unpaired) electrons. The maximum atomic E-state index is 10.5. The molecule has 1 atom stereocenters. The van der Waals surface area contributed by atoms with Crippen LogP contribution in [0.1, 0.15) is 20.3 Å². The molecule has 0 rings (SSSR count). The van der Waals surface area contributed by atoms with E-state index < -0.39 is 11.8 Å². The SMILES string of the molecule is CCC(C)C(=O)C(=O)O. The predicted octanol–water partition coefficient (Wildman–Crippen LogP) is 0.686. The Hall–Kier alpha value is -0.860. The molecule has 1 unspecified atom stereocenters. The van der Waals surface area contributed by atoms with E-state index in [4.69, 9.17) is 5.11 Å². The molecule has 0 bridgehead atoms. The highest BCUT2D eigenvalue weighted by Gasteiger charge is 2.17. The average Bonchev–Trinajstić information content (AvgIpc) is 1.84. The van der Waals surface area contributed by atoms with Gasteiger partial charge in [-0.1, -0.05) is 13.8 Å². The van der Waals surface area contributed by atoms with E-state index in [1.807, 2.05) is 0 Å². The van der Waals surface area contributed by atoms with Gasteiger partial charge < -0.3 is 5.11 Å². The van der Waals surface area contributed by atoms with E-state index >= 15 is 0 Å². The van der Waals surface area contributed by atoms with Gasteiger partial charge in [-0.25, -0.2) is 4.79 Å². The summed E-state index contributed by atoms with van der Waals surface area (Å²) in [7, 11) is 0. The van der Waals surface area contributed by atoms with Crippen LogP contribution in [-0.4, -0.2) is 16.9 Å². The number of carboxylic acids is 1. The van der Waals surface area contributed by atoms with Gasteiger partial charge >= 0.3 is 5.97 Å². The Morgan fingerprint density at radius 3 is 2.11 bits per heavy atom. The fourth-order valence-corrected chi connectivity index (χ4v) is 0.396. The summed E-state index contributed by atoms with van der Waals surface area (Å²) in [6.07, 6.45) is 0.588. The van der Waals surface area contributed by atoms with Gasteiger partial charge in [0.25, 0.3) is 0 Å². The second kappa shape index (κ2) is 3.22. The zero-order valence-electron chi connectivity index (χ0n) is 5.55. The van der Waals surface area contributed by atoms with E-state index in [2.05, 4.69) is 0 Å². The summed E-state index contributed by atoms with van der Waals surface area (Å²) < 4.78 is 0. The molecule has 0 aromatic heterocycles. The number of carbonyl (C=O) groups is 2. The highest BCUT2D eigenvalue weighted by Crippen LogP contribution is 2.00. The van der Waals surface area contributed by atoms with Crippen LogP contribution in [0.4, 0.5) is 0 Å². The van der Waals surface area contributed by atoms with Gasteiger partial charge in [0.15, 0.2) is 0 Å². The second-order valence-electron chi connectivity index (χ2n) is 1.98. The third-order valence-corrected chi connectivity index (χ3v) is 1.27. The van der Waals surface area contributed by atoms with Gasteiger partial charge in [0.2, 0.25) is 5.78 Å². The maximum Gasteiger partial charge on any atom is 0.372 e. The minimum atomic E-state index is -1.33. The van der Waals surface area contributed by atoms with Crippen LogP contribution in [0.5, 0.6) is 0 Å². The van der Waals surface area contributed by atoms with Crippen LogP contribution < -0.4 is 0 Å². The topological polar surface area (TPSA) is 54.4 Å². The van der Waals surface area contributed by atoms with Crippen molar-refractivity contribution < 1.29 is 14.7 Å². The van der Waals surface area contributed by atoms with Crippen LogP contribution in [0.15, 0.2) is 0 Å². The van der Waals surface area contributed by atoms with Gasteiger partial charge in [0.05, 0.1) is 0 Å². The third-order valence-electron chi connectivity index (χ3n) is 1.27. The minimum Gasteiger partial charge on any atom is -0.475 e. The molecule has 0 aliphatic carbocycles. The molecule has 9 heavy (non-hydrogen) atoms. The first kappa shape index (κ1) is 8.14. The molecule has 3 heteroatoms. The zero-order valence-corrected chi connectivity index (χ0v) is 5.55. The molecule has 0 aromatic carbocycles. The lowest BCUT2D eigenvalue weighted by atomic mass is 10.0. The highest BCUT2D eigenvalue weighted by molar-refractivity contribution is 6.33. The van der Waals surface area contributed by atoms with E-state index in [1.165, 1.54) is 0 Å². The summed E-state index contributed by atoms with van der Waals surface area (Å²) in [5.41, 5.74) is 0. The Bertz CT molecular complexity index is 128. The quantitative estimate of drug-likeness (QED) is 0.572. The largest absolute Gasteiger partial charge is 0.475 e. The molecule has 0 saturated carbocycles. The van der Waals surface area contributed by atoms with Crippen LogP contribution in [0.3, 0.4) is 0 Å². The summed E-state index contributed by atoms with van der Waals surface area (Å²) in [6, 6.07) is 0. The Labute approximate surface area is 53.7 Å². The number of ketones is 1. The lowest BCUT2D eigenvalue weighted by Gasteiger charge is -1.99. The smallest absolute Gasteiger partial charge is 0.372 e. The Kier molecular flexibility index (Phi) is 2.91. The van der Waals surface area contributed by atoms with Crippen molar-refractivity contribution in [3.63, 3.8) is 0 Å². The van der Waals surface area contributed by atoms with Crippen LogP contribution in [0.2, 0.25) is 0 Å². The molecular weight excluding hydrogens is 120 g/mol. The molecule has 3 nitrogen and oxygen atoms in total. The van der Waals surface area contributed by atoms with Crippen molar-refractivity contribution in [2.45, 2.75) is 20.3 Å². The Balaban J connectivity index is 3.88. The number of carboxylic acid groups (broad SMARTS) is 1. The van der Waals surface area contributed by atoms with E-state index in [-0.39, 0.29) is 5.92 Å². The average molecular weight is 130 g/mol. The van der Waals surface area contributed by atoms with Crippen molar-refractivity contribution in [2.75, 3.05) is 0 Å². The van der Waals surface area contributed by atoms with Crippen molar-refractivity contribution in [1.29, 1.82) is 0 Å². The van der Waals surface area contributed by atoms with E-state index in [9.17, 15) is 9.59 Å². The zero-order chi connectivity index (χ0) is 7.44. The molecule has 0 heterocycles. The van der Waals surface area contributed by atoms with E-state index in [1.54, 1.807) is 13.8 Å². The normalized spacial score (nSPS) is 12.7. The first-order chi connectivity index (χ1) is 4.09. The molecule has 0 fully saturated rings. The van der Waals surface area contributed by atoms with Gasteiger partial charge in [0.1, 0.15) is 0 Å². The standard InChI is InChI=1S/C6H10O3/c1-3-4(2)5(7)6(8)9/h4H,3H2,1-2H3,(H,8,9). The first-order valence-corrected chi connectivity index (χ1v) is 2.86. The molecule has 0 aromatic rings. The Morgan fingerprint density at radius 2 is 2.00 bits per heavy atom. The monoisotopic (exact) mass is 130 g/mol. The minimum absolute atomic E-state index is 0.345. The van der Waals surface area contributed by atoms with Gasteiger partial charge in [0, 0.05) is 5.92 Å². The summed E-state index contributed by atoms with van der Waals surface area (Å²) in [4.78, 5) is 20.4. The summed E-state index contributed by atoms with van der Waals surface area (Å²) in [5.74, 6) is -2.37. The number of aliphatic carboxylic acids is 1. The first-order valence-electron chi connectivity index (χ1n) is 2.86. The molecule has 52 valence electrons. The summed E-state index contributed by atoms with van der Waals surface area (Å²) in [5, 5.41) is 8.13. The molecular formula is C6H10O3. The fourth-order valence-electron chi connectivity index (χ4n) is 0.396. The highest BCUT2D eigenvalue weighted by atomic mass is 16.4. The number of rotatable bonds is 3. The van der Waals surface area contributed by atoms with Crippen molar-refractivity contribution in [1.82, 2.24) is 0 Å². The third kappa shape index (κ3) is 2.26. The van der Waals surface area contributed by atoms with Gasteiger partial charge in [-0.05, 0) is 6.42 Å². The fraction of sp³-hybridized carbons (Fsp3) is 0.667. The number of carbonyl (C=O) groups excluding carboxylic acids is 1. The van der Waals surface area contributed by atoms with Gasteiger partial charge in [-0.2, -0.15) is 0 Å². The Morgan fingerprint density at radius 1 is 1.56 bits per heavy atom. The number of hydrogen-bond acceptors (Lipinski definition) is 2. The van der Waals surface area contributed by atoms with Crippen molar-refractivity contribution in [3.8, 4) is 0 Å². The van der Waals surface area contributed by atoms with Crippen LogP contribution in [0.25, 0.3) is 0 Å². The van der Waals surface area contributed by atoms with E-state index in [0.29, 0.717) is 6.42 Å². The summed E-state index contributed by atoms with van der Waals surface area (Å²) >= 11 is 0. The second-order valence-corrected chi connectivity index (χ2v) is 1.98. The van der Waals surface area contributed by atoms with E-state index in [0.717, 1.165) is 0 Å². The molecule has 1 N–H and O–H groups in total. The molecule has 0 amide bonds. The van der Waals surface area contributed by atoms with Crippen LogP contribution in [0, 0.1) is 5.92 Å². The van der Waals surface area contributed by atoms with Gasteiger partial charge in [-0.15, -0.1) is 0 Å². The predicted molar refractivity (Wildman–Crippen MR) is 32.1 cm³/mol. The summed E-state index contributed by atoms with van der Waals surface area (Å²) in [6.45, 7) is 3.39. The van der Waals surface area contributed by atoms with Gasteiger partial charge in [-0.3, -0.25) is 4.79 Å². The molecule has 0 aliphatic heterocycles. The number of Topliss-reactive ketones (excluding diaryl/α,β-unsaturated/α-hetero) is 1. The van der Waals surface area contributed by atoms with Crippen LogP contribution in [-0.2, 0) is 9.59 Å². The molecule has 0 spiro atoms.